The Morgan fingerprint density at radius 1 is 1.29 bits per heavy atom. The van der Waals surface area contributed by atoms with Gasteiger partial charge in [0.05, 0.1) is 0 Å². The first-order chi connectivity index (χ1) is 8.36. The highest BCUT2D eigenvalue weighted by atomic mass is 32.1. The van der Waals surface area contributed by atoms with Crippen LogP contribution in [0.2, 0.25) is 0 Å². The zero-order chi connectivity index (χ0) is 11.7. The molecule has 0 unspecified atom stereocenters. The number of fused-ring (bicyclic) bond motifs is 2. The summed E-state index contributed by atoms with van der Waals surface area (Å²) in [5.74, 6) is 0. The molecule has 1 aromatic rings. The van der Waals surface area contributed by atoms with Gasteiger partial charge in [-0.3, -0.25) is 4.90 Å². The first kappa shape index (κ1) is 11.7. The van der Waals surface area contributed by atoms with Gasteiger partial charge in [-0.15, -0.1) is 11.3 Å². The van der Waals surface area contributed by atoms with Crippen molar-refractivity contribution in [2.24, 2.45) is 0 Å². The third-order valence-corrected chi connectivity index (χ3v) is 5.25. The van der Waals surface area contributed by atoms with E-state index >= 15 is 0 Å². The van der Waals surface area contributed by atoms with Crippen LogP contribution >= 0.6 is 11.3 Å². The second-order valence-electron chi connectivity index (χ2n) is 5.32. The maximum atomic E-state index is 2.78. The van der Waals surface area contributed by atoms with Crippen LogP contribution in [0.15, 0.2) is 17.5 Å². The molecule has 2 fully saturated rings. The second kappa shape index (κ2) is 5.09. The molecular weight excluding hydrogens is 228 g/mol. The van der Waals surface area contributed by atoms with Gasteiger partial charge in [0.1, 0.15) is 0 Å². The molecule has 94 valence electrons. The molecule has 0 spiro atoms. The standard InChI is InChI=1S/C14H22N2S/c1-2-15-8-7-12-5-6-13(10-15)16(12)11-14-4-3-9-17-14/h3-4,9,12-13H,2,5-8,10-11H2,1H3/t12-,13+/m1/s1. The lowest BCUT2D eigenvalue weighted by molar-refractivity contribution is 0.180. The van der Waals surface area contributed by atoms with E-state index in [0.717, 1.165) is 12.1 Å². The van der Waals surface area contributed by atoms with E-state index in [0.29, 0.717) is 0 Å². The maximum absolute atomic E-state index is 2.78. The van der Waals surface area contributed by atoms with Crippen molar-refractivity contribution in [3.05, 3.63) is 22.4 Å². The van der Waals surface area contributed by atoms with Crippen LogP contribution < -0.4 is 0 Å². The summed E-state index contributed by atoms with van der Waals surface area (Å²) in [4.78, 5) is 6.94. The van der Waals surface area contributed by atoms with E-state index < -0.39 is 0 Å². The fraction of sp³-hybridized carbons (Fsp3) is 0.714. The van der Waals surface area contributed by atoms with Gasteiger partial charge in [0.2, 0.25) is 0 Å². The van der Waals surface area contributed by atoms with Crippen molar-refractivity contribution >= 4 is 11.3 Å². The third-order valence-electron chi connectivity index (χ3n) is 4.38. The molecule has 0 radical (unpaired) electrons. The summed E-state index contributed by atoms with van der Waals surface area (Å²) in [5, 5.41) is 2.20. The summed E-state index contributed by atoms with van der Waals surface area (Å²) in [6.45, 7) is 7.29. The Labute approximate surface area is 108 Å². The van der Waals surface area contributed by atoms with E-state index in [1.807, 2.05) is 11.3 Å². The summed E-state index contributed by atoms with van der Waals surface area (Å²) < 4.78 is 0. The summed E-state index contributed by atoms with van der Waals surface area (Å²) in [6, 6.07) is 6.12. The molecule has 2 nitrogen and oxygen atoms in total. The summed E-state index contributed by atoms with van der Waals surface area (Å²) >= 11 is 1.91. The van der Waals surface area contributed by atoms with Crippen molar-refractivity contribution in [2.45, 2.75) is 44.8 Å². The van der Waals surface area contributed by atoms with Gasteiger partial charge in [-0.25, -0.2) is 0 Å². The van der Waals surface area contributed by atoms with E-state index in [2.05, 4.69) is 34.2 Å². The van der Waals surface area contributed by atoms with Gasteiger partial charge >= 0.3 is 0 Å². The third kappa shape index (κ3) is 2.42. The molecule has 3 heterocycles. The highest BCUT2D eigenvalue weighted by Gasteiger charge is 2.36. The number of likely N-dealkylation sites (N-methyl/N-ethyl adjacent to an activating group) is 1. The highest BCUT2D eigenvalue weighted by molar-refractivity contribution is 7.09. The molecule has 2 bridgehead atoms. The minimum atomic E-state index is 0.810. The number of likely N-dealkylation sites (tertiary alicyclic amines) is 1. The minimum absolute atomic E-state index is 0.810. The number of hydrogen-bond acceptors (Lipinski definition) is 3. The molecule has 2 aliphatic heterocycles. The van der Waals surface area contributed by atoms with Crippen molar-refractivity contribution in [1.82, 2.24) is 9.80 Å². The molecule has 3 heteroatoms. The summed E-state index contributed by atoms with van der Waals surface area (Å²) in [7, 11) is 0. The Bertz CT molecular complexity index is 349. The Kier molecular flexibility index (Phi) is 3.50. The van der Waals surface area contributed by atoms with Gasteiger partial charge < -0.3 is 4.90 Å². The number of rotatable bonds is 3. The molecule has 17 heavy (non-hydrogen) atoms. The predicted octanol–water partition coefficient (Wildman–Crippen LogP) is 2.81. The zero-order valence-corrected chi connectivity index (χ0v) is 11.5. The van der Waals surface area contributed by atoms with Crippen LogP contribution in [-0.2, 0) is 6.54 Å². The maximum Gasteiger partial charge on any atom is 0.0334 e. The fourth-order valence-corrected chi connectivity index (χ4v) is 4.08. The van der Waals surface area contributed by atoms with Crippen molar-refractivity contribution in [1.29, 1.82) is 0 Å². The predicted molar refractivity (Wildman–Crippen MR) is 73.4 cm³/mol. The Hall–Kier alpha value is -0.380. The molecule has 3 rings (SSSR count). The highest BCUT2D eigenvalue weighted by Crippen LogP contribution is 2.32. The van der Waals surface area contributed by atoms with Crippen molar-refractivity contribution in [3.63, 3.8) is 0 Å². The van der Waals surface area contributed by atoms with Crippen molar-refractivity contribution < 1.29 is 0 Å². The van der Waals surface area contributed by atoms with Crippen LogP contribution in [0.5, 0.6) is 0 Å². The van der Waals surface area contributed by atoms with Gasteiger partial charge in [0.25, 0.3) is 0 Å². The summed E-state index contributed by atoms with van der Waals surface area (Å²) in [5.41, 5.74) is 0. The van der Waals surface area contributed by atoms with Gasteiger partial charge in [0.15, 0.2) is 0 Å². The monoisotopic (exact) mass is 250 g/mol. The molecule has 0 aromatic carbocycles. The quantitative estimate of drug-likeness (QED) is 0.814. The summed E-state index contributed by atoms with van der Waals surface area (Å²) in [6.07, 6.45) is 4.20. The first-order valence-electron chi connectivity index (χ1n) is 6.87. The molecule has 1 aromatic heterocycles. The second-order valence-corrected chi connectivity index (χ2v) is 6.35. The van der Waals surface area contributed by atoms with Crippen molar-refractivity contribution in [2.75, 3.05) is 19.6 Å². The zero-order valence-electron chi connectivity index (χ0n) is 10.6. The van der Waals surface area contributed by atoms with Gasteiger partial charge in [-0.1, -0.05) is 13.0 Å². The molecule has 0 N–H and O–H groups in total. The van der Waals surface area contributed by atoms with E-state index in [9.17, 15) is 0 Å². The largest absolute Gasteiger partial charge is 0.302 e. The Morgan fingerprint density at radius 3 is 2.94 bits per heavy atom. The smallest absolute Gasteiger partial charge is 0.0334 e. The lowest BCUT2D eigenvalue weighted by atomic mass is 10.1. The fourth-order valence-electron chi connectivity index (χ4n) is 3.37. The molecule has 0 aliphatic carbocycles. The number of thiophene rings is 1. The normalized spacial score (nSPS) is 30.6. The molecular formula is C14H22N2S. The Morgan fingerprint density at radius 2 is 2.18 bits per heavy atom. The lowest BCUT2D eigenvalue weighted by Gasteiger charge is -2.28. The van der Waals surface area contributed by atoms with Crippen LogP contribution in [0.1, 0.15) is 31.1 Å². The molecule has 0 saturated carbocycles. The van der Waals surface area contributed by atoms with E-state index in [-0.39, 0.29) is 0 Å². The van der Waals surface area contributed by atoms with Gasteiger partial charge in [-0.05, 0) is 43.8 Å². The van der Waals surface area contributed by atoms with E-state index in [1.165, 1.54) is 50.3 Å². The number of nitrogens with zero attached hydrogens (tertiary/aromatic N) is 2. The average molecular weight is 250 g/mol. The number of hydrogen-bond donors (Lipinski definition) is 0. The van der Waals surface area contributed by atoms with Crippen LogP contribution in [0.25, 0.3) is 0 Å². The van der Waals surface area contributed by atoms with Crippen LogP contribution in [0, 0.1) is 0 Å². The van der Waals surface area contributed by atoms with Gasteiger partial charge in [0, 0.05) is 30.1 Å². The van der Waals surface area contributed by atoms with E-state index in [1.54, 1.807) is 0 Å². The Balaban J connectivity index is 1.71. The van der Waals surface area contributed by atoms with E-state index in [4.69, 9.17) is 0 Å². The lowest BCUT2D eigenvalue weighted by Crippen LogP contribution is -2.38. The van der Waals surface area contributed by atoms with Crippen molar-refractivity contribution in [3.8, 4) is 0 Å². The minimum Gasteiger partial charge on any atom is -0.302 e. The van der Waals surface area contributed by atoms with Crippen LogP contribution in [0.4, 0.5) is 0 Å². The molecule has 0 amide bonds. The molecule has 2 saturated heterocycles. The topological polar surface area (TPSA) is 6.48 Å². The molecule has 2 aliphatic rings. The molecule has 2 atom stereocenters. The SMILES string of the molecule is CCN1CC[C@H]2CC[C@@H](C1)N2Cc1cccs1. The van der Waals surface area contributed by atoms with Gasteiger partial charge in [-0.2, -0.15) is 0 Å². The average Bonchev–Trinajstić information content (AvgIpc) is 2.89. The van der Waals surface area contributed by atoms with Crippen LogP contribution in [-0.4, -0.2) is 41.5 Å². The first-order valence-corrected chi connectivity index (χ1v) is 7.75. The van der Waals surface area contributed by atoms with Crippen LogP contribution in [0.3, 0.4) is 0 Å².